The second-order valence-electron chi connectivity index (χ2n) is 6.68. The number of ether oxygens (including phenoxy) is 1. The molecule has 1 aromatic carbocycles. The van der Waals surface area contributed by atoms with Gasteiger partial charge in [-0.15, -0.1) is 34.2 Å². The van der Waals surface area contributed by atoms with Crippen molar-refractivity contribution in [3.63, 3.8) is 0 Å². The van der Waals surface area contributed by atoms with Crippen LogP contribution in [-0.4, -0.2) is 33.9 Å². The summed E-state index contributed by atoms with van der Waals surface area (Å²) in [7, 11) is 3.66. The van der Waals surface area contributed by atoms with Crippen molar-refractivity contribution in [1.29, 1.82) is 0 Å². The Morgan fingerprint density at radius 2 is 2.00 bits per heavy atom. The maximum atomic E-state index is 5.43. The average Bonchev–Trinajstić information content (AvgIpc) is 3.28. The van der Waals surface area contributed by atoms with Crippen LogP contribution in [0.4, 0.5) is 0 Å². The zero-order valence-electron chi connectivity index (χ0n) is 16.2. The summed E-state index contributed by atoms with van der Waals surface area (Å²) in [4.78, 5) is 4.77. The van der Waals surface area contributed by atoms with Crippen LogP contribution in [0.5, 0.6) is 5.75 Å². The number of nitrogens with one attached hydrogen (secondary N) is 2. The van der Waals surface area contributed by atoms with Crippen molar-refractivity contribution in [2.45, 2.75) is 51.7 Å². The van der Waals surface area contributed by atoms with Crippen LogP contribution in [-0.2, 0) is 20.1 Å². The SMILES string of the molecule is COc1ccccc1CN=C(NCc1nnc(C)n1C)NC1CCCC1.I. The topological polar surface area (TPSA) is 76.4 Å². The first-order valence-electron chi connectivity index (χ1n) is 9.19. The molecular formula is C19H29IN6O. The molecule has 3 rings (SSSR count). The number of aromatic nitrogens is 3. The molecule has 0 radical (unpaired) electrons. The fourth-order valence-electron chi connectivity index (χ4n) is 3.18. The second kappa shape index (κ2) is 10.5. The van der Waals surface area contributed by atoms with E-state index in [1.807, 2.05) is 42.8 Å². The first kappa shape index (κ1) is 21.5. The quantitative estimate of drug-likeness (QED) is 0.375. The lowest BCUT2D eigenvalue weighted by atomic mass is 10.2. The number of para-hydroxylation sites is 1. The summed E-state index contributed by atoms with van der Waals surface area (Å²) in [6, 6.07) is 8.47. The zero-order chi connectivity index (χ0) is 18.4. The number of rotatable bonds is 6. The van der Waals surface area contributed by atoms with Gasteiger partial charge in [0.15, 0.2) is 11.8 Å². The first-order valence-corrected chi connectivity index (χ1v) is 9.19. The minimum atomic E-state index is 0. The lowest BCUT2D eigenvalue weighted by Crippen LogP contribution is -2.42. The number of halogens is 1. The normalized spacial score (nSPS) is 14.7. The second-order valence-corrected chi connectivity index (χ2v) is 6.68. The molecule has 1 heterocycles. The molecule has 1 aromatic heterocycles. The Balaban J connectivity index is 0.00000261. The summed E-state index contributed by atoms with van der Waals surface area (Å²) in [6.45, 7) is 3.09. The van der Waals surface area contributed by atoms with Crippen molar-refractivity contribution in [2.24, 2.45) is 12.0 Å². The van der Waals surface area contributed by atoms with E-state index in [-0.39, 0.29) is 24.0 Å². The van der Waals surface area contributed by atoms with Crippen LogP contribution in [0.15, 0.2) is 29.3 Å². The number of nitrogens with zero attached hydrogens (tertiary/aromatic N) is 4. The molecule has 1 fully saturated rings. The predicted molar refractivity (Wildman–Crippen MR) is 118 cm³/mol. The van der Waals surface area contributed by atoms with Gasteiger partial charge in [0.1, 0.15) is 11.6 Å². The van der Waals surface area contributed by atoms with Gasteiger partial charge >= 0.3 is 0 Å². The van der Waals surface area contributed by atoms with E-state index in [4.69, 9.17) is 9.73 Å². The standard InChI is InChI=1S/C19H28N6O.HI/c1-14-23-24-18(25(14)2)13-21-19(22-16-9-5-6-10-16)20-12-15-8-4-7-11-17(15)26-3;/h4,7-8,11,16H,5-6,9-10,12-13H2,1-3H3,(H2,20,21,22);1H. The number of aryl methyl sites for hydroxylation is 1. The van der Waals surface area contributed by atoms with Crippen molar-refractivity contribution >= 4 is 29.9 Å². The van der Waals surface area contributed by atoms with E-state index in [0.717, 1.165) is 28.9 Å². The summed E-state index contributed by atoms with van der Waals surface area (Å²) < 4.78 is 7.41. The van der Waals surface area contributed by atoms with Crippen LogP contribution in [0.25, 0.3) is 0 Å². The number of hydrogen-bond donors (Lipinski definition) is 2. The molecule has 8 heteroatoms. The molecule has 1 saturated carbocycles. The maximum Gasteiger partial charge on any atom is 0.192 e. The highest BCUT2D eigenvalue weighted by Gasteiger charge is 2.16. The molecule has 148 valence electrons. The van der Waals surface area contributed by atoms with Crippen LogP contribution >= 0.6 is 24.0 Å². The third-order valence-electron chi connectivity index (χ3n) is 4.89. The van der Waals surface area contributed by atoms with E-state index >= 15 is 0 Å². The van der Waals surface area contributed by atoms with Crippen molar-refractivity contribution in [3.05, 3.63) is 41.5 Å². The molecule has 1 aliphatic carbocycles. The van der Waals surface area contributed by atoms with E-state index in [2.05, 4.69) is 20.8 Å². The zero-order valence-corrected chi connectivity index (χ0v) is 18.6. The minimum absolute atomic E-state index is 0. The number of hydrogen-bond acceptors (Lipinski definition) is 4. The van der Waals surface area contributed by atoms with E-state index in [9.17, 15) is 0 Å². The third kappa shape index (κ3) is 5.82. The van der Waals surface area contributed by atoms with Gasteiger partial charge in [-0.05, 0) is 25.8 Å². The smallest absolute Gasteiger partial charge is 0.192 e. The molecule has 0 spiro atoms. The number of methoxy groups -OCH3 is 1. The molecule has 0 amide bonds. The molecular weight excluding hydrogens is 455 g/mol. The van der Waals surface area contributed by atoms with Crippen molar-refractivity contribution in [1.82, 2.24) is 25.4 Å². The molecule has 0 bridgehead atoms. The maximum absolute atomic E-state index is 5.43. The van der Waals surface area contributed by atoms with Gasteiger partial charge in [-0.1, -0.05) is 31.0 Å². The Morgan fingerprint density at radius 1 is 1.26 bits per heavy atom. The Hall–Kier alpha value is -1.84. The minimum Gasteiger partial charge on any atom is -0.496 e. The summed E-state index contributed by atoms with van der Waals surface area (Å²) in [5, 5.41) is 15.3. The van der Waals surface area contributed by atoms with Crippen LogP contribution in [0, 0.1) is 6.92 Å². The van der Waals surface area contributed by atoms with E-state index in [0.29, 0.717) is 19.1 Å². The van der Waals surface area contributed by atoms with Gasteiger partial charge in [-0.3, -0.25) is 0 Å². The molecule has 2 N–H and O–H groups in total. The first-order chi connectivity index (χ1) is 12.7. The molecule has 1 aliphatic rings. The fraction of sp³-hybridized carbons (Fsp3) is 0.526. The molecule has 0 atom stereocenters. The molecule has 7 nitrogen and oxygen atoms in total. The van der Waals surface area contributed by atoms with E-state index in [1.54, 1.807) is 7.11 Å². The Morgan fingerprint density at radius 3 is 2.67 bits per heavy atom. The highest BCUT2D eigenvalue weighted by molar-refractivity contribution is 14.0. The van der Waals surface area contributed by atoms with Crippen LogP contribution in [0.1, 0.15) is 42.9 Å². The highest BCUT2D eigenvalue weighted by Crippen LogP contribution is 2.19. The highest BCUT2D eigenvalue weighted by atomic mass is 127. The molecule has 27 heavy (non-hydrogen) atoms. The van der Waals surface area contributed by atoms with E-state index < -0.39 is 0 Å². The van der Waals surface area contributed by atoms with E-state index in [1.165, 1.54) is 25.7 Å². The van der Waals surface area contributed by atoms with Gasteiger partial charge in [0.05, 0.1) is 20.2 Å². The van der Waals surface area contributed by atoms with Gasteiger partial charge in [-0.25, -0.2) is 4.99 Å². The molecule has 0 aliphatic heterocycles. The summed E-state index contributed by atoms with van der Waals surface area (Å²) in [6.07, 6.45) is 4.94. The Bertz CT molecular complexity index is 754. The number of aliphatic imine (C=N–C) groups is 1. The third-order valence-corrected chi connectivity index (χ3v) is 4.89. The van der Waals surface area contributed by atoms with Crippen LogP contribution in [0.2, 0.25) is 0 Å². The number of benzene rings is 1. The average molecular weight is 484 g/mol. The Labute approximate surface area is 178 Å². The van der Waals surface area contributed by atoms with Gasteiger partial charge in [0.25, 0.3) is 0 Å². The number of guanidine groups is 1. The van der Waals surface area contributed by atoms with Crippen molar-refractivity contribution in [2.75, 3.05) is 7.11 Å². The van der Waals surface area contributed by atoms with Gasteiger partial charge in [0.2, 0.25) is 0 Å². The summed E-state index contributed by atoms with van der Waals surface area (Å²) in [5.74, 6) is 3.46. The van der Waals surface area contributed by atoms with Gasteiger partial charge in [0, 0.05) is 18.7 Å². The Kier molecular flexibility index (Phi) is 8.33. The fourth-order valence-corrected chi connectivity index (χ4v) is 3.18. The lowest BCUT2D eigenvalue weighted by molar-refractivity contribution is 0.410. The van der Waals surface area contributed by atoms with Gasteiger partial charge < -0.3 is 19.9 Å². The predicted octanol–water partition coefficient (Wildman–Crippen LogP) is 2.93. The largest absolute Gasteiger partial charge is 0.496 e. The van der Waals surface area contributed by atoms with Crippen molar-refractivity contribution in [3.8, 4) is 5.75 Å². The summed E-state index contributed by atoms with van der Waals surface area (Å²) in [5.41, 5.74) is 1.07. The molecule has 0 unspecified atom stereocenters. The lowest BCUT2D eigenvalue weighted by Gasteiger charge is -2.17. The van der Waals surface area contributed by atoms with Crippen molar-refractivity contribution < 1.29 is 4.74 Å². The monoisotopic (exact) mass is 484 g/mol. The molecule has 2 aromatic rings. The van der Waals surface area contributed by atoms with Gasteiger partial charge in [-0.2, -0.15) is 0 Å². The van der Waals surface area contributed by atoms with Crippen LogP contribution in [0.3, 0.4) is 0 Å². The van der Waals surface area contributed by atoms with Crippen LogP contribution < -0.4 is 15.4 Å². The molecule has 0 saturated heterocycles. The summed E-state index contributed by atoms with van der Waals surface area (Å²) >= 11 is 0.